The van der Waals surface area contributed by atoms with Crippen molar-refractivity contribution in [3.05, 3.63) is 0 Å². The van der Waals surface area contributed by atoms with E-state index < -0.39 is 0 Å². The standard InChI is InChI=1S/C14H28/c1-5-11(2)9-10-14-12(3)7-6-8-13(14)4/h11-14H,5-10H2,1-4H3. The highest BCUT2D eigenvalue weighted by atomic mass is 14.3. The minimum absolute atomic E-state index is 0.941. The molecule has 0 aromatic heterocycles. The summed E-state index contributed by atoms with van der Waals surface area (Å²) >= 11 is 0. The normalized spacial score (nSPS) is 35.6. The van der Waals surface area contributed by atoms with Crippen molar-refractivity contribution >= 4 is 0 Å². The van der Waals surface area contributed by atoms with Crippen LogP contribution in [0.1, 0.15) is 66.2 Å². The summed E-state index contributed by atoms with van der Waals surface area (Å²) in [6.45, 7) is 9.66. The highest BCUT2D eigenvalue weighted by Crippen LogP contribution is 2.37. The molecule has 14 heavy (non-hydrogen) atoms. The molecule has 0 N–H and O–H groups in total. The van der Waals surface area contributed by atoms with Crippen LogP contribution in [0.5, 0.6) is 0 Å². The van der Waals surface area contributed by atoms with Crippen molar-refractivity contribution in [3.63, 3.8) is 0 Å². The fraction of sp³-hybridized carbons (Fsp3) is 1.00. The van der Waals surface area contributed by atoms with Gasteiger partial charge in [-0.15, -0.1) is 0 Å². The van der Waals surface area contributed by atoms with Crippen molar-refractivity contribution in [1.82, 2.24) is 0 Å². The van der Waals surface area contributed by atoms with E-state index in [1.807, 2.05) is 0 Å². The van der Waals surface area contributed by atoms with Gasteiger partial charge < -0.3 is 0 Å². The largest absolute Gasteiger partial charge is 0.0651 e. The van der Waals surface area contributed by atoms with E-state index in [2.05, 4.69) is 27.7 Å². The lowest BCUT2D eigenvalue weighted by Gasteiger charge is -2.35. The molecule has 1 aliphatic carbocycles. The fourth-order valence-corrected chi connectivity index (χ4v) is 3.00. The Morgan fingerprint density at radius 2 is 1.71 bits per heavy atom. The van der Waals surface area contributed by atoms with Crippen LogP contribution < -0.4 is 0 Å². The molecular formula is C14H28. The van der Waals surface area contributed by atoms with Crippen LogP contribution in [0.3, 0.4) is 0 Å². The van der Waals surface area contributed by atoms with E-state index in [9.17, 15) is 0 Å². The van der Waals surface area contributed by atoms with Crippen molar-refractivity contribution in [2.45, 2.75) is 66.2 Å². The Bertz CT molecular complexity index is 140. The number of hydrogen-bond donors (Lipinski definition) is 0. The monoisotopic (exact) mass is 196 g/mol. The van der Waals surface area contributed by atoms with Gasteiger partial charge in [0.15, 0.2) is 0 Å². The smallest absolute Gasteiger partial charge is 0.0363 e. The maximum absolute atomic E-state index is 2.47. The molecule has 0 aromatic carbocycles. The SMILES string of the molecule is CCC(C)CCC1C(C)CCCC1C. The lowest BCUT2D eigenvalue weighted by Crippen LogP contribution is -2.25. The van der Waals surface area contributed by atoms with E-state index in [0.717, 1.165) is 23.7 Å². The molecule has 3 unspecified atom stereocenters. The Hall–Kier alpha value is 0. The minimum Gasteiger partial charge on any atom is -0.0651 e. The third kappa shape index (κ3) is 3.29. The van der Waals surface area contributed by atoms with E-state index in [4.69, 9.17) is 0 Å². The van der Waals surface area contributed by atoms with E-state index in [1.165, 1.54) is 38.5 Å². The maximum Gasteiger partial charge on any atom is -0.0363 e. The van der Waals surface area contributed by atoms with Crippen LogP contribution in [0.15, 0.2) is 0 Å². The first-order valence-electron chi connectivity index (χ1n) is 6.65. The summed E-state index contributed by atoms with van der Waals surface area (Å²) in [6, 6.07) is 0. The zero-order chi connectivity index (χ0) is 10.6. The Morgan fingerprint density at radius 1 is 1.14 bits per heavy atom. The number of hydrogen-bond acceptors (Lipinski definition) is 0. The van der Waals surface area contributed by atoms with Crippen LogP contribution in [-0.4, -0.2) is 0 Å². The molecule has 0 saturated heterocycles. The molecule has 0 nitrogen and oxygen atoms in total. The van der Waals surface area contributed by atoms with E-state index in [0.29, 0.717) is 0 Å². The van der Waals surface area contributed by atoms with E-state index >= 15 is 0 Å². The lowest BCUT2D eigenvalue weighted by atomic mass is 9.71. The Balaban J connectivity index is 2.32. The molecule has 84 valence electrons. The average Bonchev–Trinajstić information content (AvgIpc) is 2.16. The van der Waals surface area contributed by atoms with Crippen molar-refractivity contribution in [2.24, 2.45) is 23.7 Å². The molecule has 0 heterocycles. The predicted molar refractivity (Wildman–Crippen MR) is 64.4 cm³/mol. The van der Waals surface area contributed by atoms with Gasteiger partial charge in [0.05, 0.1) is 0 Å². The molecule has 0 radical (unpaired) electrons. The molecule has 0 aliphatic heterocycles. The van der Waals surface area contributed by atoms with Crippen LogP contribution in [0, 0.1) is 23.7 Å². The first-order chi connectivity index (χ1) is 6.65. The molecule has 1 fully saturated rings. The van der Waals surface area contributed by atoms with Gasteiger partial charge in [0.1, 0.15) is 0 Å². The summed E-state index contributed by atoms with van der Waals surface area (Å²) in [7, 11) is 0. The van der Waals surface area contributed by atoms with Gasteiger partial charge in [0.25, 0.3) is 0 Å². The molecule has 0 bridgehead atoms. The van der Waals surface area contributed by atoms with Crippen LogP contribution in [-0.2, 0) is 0 Å². The van der Waals surface area contributed by atoms with Gasteiger partial charge in [-0.1, -0.05) is 59.8 Å². The second-order valence-corrected chi connectivity index (χ2v) is 5.64. The number of rotatable bonds is 4. The van der Waals surface area contributed by atoms with Crippen LogP contribution in [0.2, 0.25) is 0 Å². The molecule has 0 spiro atoms. The summed E-state index contributed by atoms with van der Waals surface area (Å²) < 4.78 is 0. The molecule has 3 atom stereocenters. The molecule has 0 aromatic rings. The van der Waals surface area contributed by atoms with E-state index in [1.54, 1.807) is 0 Å². The van der Waals surface area contributed by atoms with Crippen molar-refractivity contribution in [1.29, 1.82) is 0 Å². The summed E-state index contributed by atoms with van der Waals surface area (Å²) in [6.07, 6.45) is 8.73. The summed E-state index contributed by atoms with van der Waals surface area (Å²) in [5, 5.41) is 0. The highest BCUT2D eigenvalue weighted by molar-refractivity contribution is 4.77. The van der Waals surface area contributed by atoms with Gasteiger partial charge in [-0.25, -0.2) is 0 Å². The van der Waals surface area contributed by atoms with Gasteiger partial charge >= 0.3 is 0 Å². The maximum atomic E-state index is 2.47. The lowest BCUT2D eigenvalue weighted by molar-refractivity contribution is 0.158. The second kappa shape index (κ2) is 5.78. The quantitative estimate of drug-likeness (QED) is 0.601. The Labute approximate surface area is 90.5 Å². The topological polar surface area (TPSA) is 0 Å². The molecule has 0 heteroatoms. The Morgan fingerprint density at radius 3 is 2.21 bits per heavy atom. The minimum atomic E-state index is 0.941. The first kappa shape index (κ1) is 12.1. The Kier molecular flexibility index (Phi) is 4.98. The average molecular weight is 196 g/mol. The van der Waals surface area contributed by atoms with Gasteiger partial charge in [-0.2, -0.15) is 0 Å². The second-order valence-electron chi connectivity index (χ2n) is 5.64. The van der Waals surface area contributed by atoms with Crippen LogP contribution in [0.4, 0.5) is 0 Å². The van der Waals surface area contributed by atoms with Crippen molar-refractivity contribution in [3.8, 4) is 0 Å². The third-order valence-corrected chi connectivity index (χ3v) is 4.47. The van der Waals surface area contributed by atoms with Gasteiger partial charge in [0, 0.05) is 0 Å². The van der Waals surface area contributed by atoms with E-state index in [-0.39, 0.29) is 0 Å². The van der Waals surface area contributed by atoms with Gasteiger partial charge in [-0.3, -0.25) is 0 Å². The van der Waals surface area contributed by atoms with Crippen molar-refractivity contribution in [2.75, 3.05) is 0 Å². The summed E-state index contributed by atoms with van der Waals surface area (Å²) in [4.78, 5) is 0. The molecule has 1 saturated carbocycles. The zero-order valence-corrected chi connectivity index (χ0v) is 10.6. The van der Waals surface area contributed by atoms with Gasteiger partial charge in [-0.05, 0) is 30.1 Å². The first-order valence-corrected chi connectivity index (χ1v) is 6.65. The van der Waals surface area contributed by atoms with Crippen LogP contribution in [0.25, 0.3) is 0 Å². The molecule has 1 aliphatic rings. The highest BCUT2D eigenvalue weighted by Gasteiger charge is 2.27. The summed E-state index contributed by atoms with van der Waals surface area (Å²) in [5.41, 5.74) is 0. The third-order valence-electron chi connectivity index (χ3n) is 4.47. The molecule has 0 amide bonds. The summed E-state index contributed by atoms with van der Waals surface area (Å²) in [5.74, 6) is 3.94. The van der Waals surface area contributed by atoms with Crippen molar-refractivity contribution < 1.29 is 0 Å². The fourth-order valence-electron chi connectivity index (χ4n) is 3.00. The van der Waals surface area contributed by atoms with Crippen LogP contribution >= 0.6 is 0 Å². The van der Waals surface area contributed by atoms with Gasteiger partial charge in [0.2, 0.25) is 0 Å². The molecular weight excluding hydrogens is 168 g/mol. The predicted octanol–water partition coefficient (Wildman–Crippen LogP) is 4.89. The zero-order valence-electron chi connectivity index (χ0n) is 10.6. The molecule has 1 rings (SSSR count).